The van der Waals surface area contributed by atoms with Gasteiger partial charge >= 0.3 is 6.03 Å². The Morgan fingerprint density at radius 3 is 1.68 bits per heavy atom. The molecule has 10 heterocycles. The summed E-state index contributed by atoms with van der Waals surface area (Å²) >= 11 is 0. The Morgan fingerprint density at radius 1 is 0.603 bits per heavy atom. The highest BCUT2D eigenvalue weighted by atomic mass is 16.3. The van der Waals surface area contributed by atoms with Crippen molar-refractivity contribution in [2.24, 2.45) is 0 Å². The van der Waals surface area contributed by atoms with Crippen molar-refractivity contribution in [3.8, 4) is 0 Å². The molecule has 4 aliphatic rings. The molecule has 2 amide bonds. The number of aliphatic hydroxyl groups is 4. The lowest BCUT2D eigenvalue weighted by Crippen LogP contribution is -2.42. The zero-order valence-electron chi connectivity index (χ0n) is 43.6. The van der Waals surface area contributed by atoms with E-state index in [1.54, 1.807) is 21.9 Å². The van der Waals surface area contributed by atoms with Crippen LogP contribution >= 0.6 is 0 Å². The number of aliphatic hydroxyl groups excluding tert-OH is 4. The first-order chi connectivity index (χ1) is 38.1. The minimum Gasteiger partial charge on any atom is -0.390 e. The predicted octanol–water partition coefficient (Wildman–Crippen LogP) is 1.54. The van der Waals surface area contributed by atoms with Gasteiger partial charge in [0, 0.05) is 95.7 Å². The normalized spacial score (nSPS) is 23.4. The van der Waals surface area contributed by atoms with Gasteiger partial charge < -0.3 is 69.8 Å². The van der Waals surface area contributed by atoms with E-state index in [-0.39, 0.29) is 49.8 Å². The van der Waals surface area contributed by atoms with E-state index in [4.69, 9.17) is 29.9 Å². The molecule has 2 aliphatic heterocycles. The van der Waals surface area contributed by atoms with Crippen molar-refractivity contribution in [2.75, 3.05) is 60.5 Å². The quantitative estimate of drug-likeness (QED) is 0.0537. The second kappa shape index (κ2) is 21.9. The Kier molecular flexibility index (Phi) is 14.3. The number of amides is 2. The van der Waals surface area contributed by atoms with Crippen LogP contribution in [0.4, 0.5) is 28.3 Å². The molecular formula is C49H66N24O5. The fourth-order valence-electron chi connectivity index (χ4n) is 11.4. The van der Waals surface area contributed by atoms with Gasteiger partial charge in [-0.3, -0.25) is 0 Å². The first-order valence-electron chi connectivity index (χ1n) is 27.1. The number of urea groups is 1. The molecule has 0 spiro atoms. The maximum absolute atomic E-state index is 14.3. The Bertz CT molecular complexity index is 3360. The van der Waals surface area contributed by atoms with E-state index in [1.807, 2.05) is 50.3 Å². The summed E-state index contributed by atoms with van der Waals surface area (Å²) in [6.45, 7) is 8.44. The molecule has 78 heavy (non-hydrogen) atoms. The maximum Gasteiger partial charge on any atom is 0.320 e. The first kappa shape index (κ1) is 50.9. The standard InChI is InChI=1S/C49H66N24O5/c1-3-66-19-29(52-25-66)7-11-50-47-60-43(39-45(62-47)70(27-54-39)35-5-6-36(15-35)72-56-17-33(23-74)64-72)58-31-9-13-68(21-31)49(78)69-14-10-32(22-69)59-44-40-46(63-48(61-44)51-12-8-30-20-67(4-2)26-53-30)71(28-55-40)37-16-38(42(77)41(37)76)73-57-18-34(24-75)65-73/h17-20,25-28,31-32,35-38,41-42,74-77H,3-16,21-24H2,1-2H3,(H2,50,58,60,62)(H2,51,59,61,63)/t31-,32-,35+,36-,37-,38+,41+,42-/m1/s1. The second-order valence-electron chi connectivity index (χ2n) is 20.7. The number of likely N-dealkylation sites (tertiary alicyclic amines) is 2. The molecule has 8 atom stereocenters. The molecule has 2 aliphatic carbocycles. The van der Waals surface area contributed by atoms with Crippen LogP contribution in [0.5, 0.6) is 0 Å². The van der Waals surface area contributed by atoms with E-state index in [1.165, 1.54) is 11.0 Å². The van der Waals surface area contributed by atoms with Crippen LogP contribution in [-0.2, 0) is 39.1 Å². The van der Waals surface area contributed by atoms with Crippen molar-refractivity contribution in [3.63, 3.8) is 0 Å². The summed E-state index contributed by atoms with van der Waals surface area (Å²) in [5.74, 6) is 1.89. The number of nitrogens with zero attached hydrogens (tertiary/aromatic N) is 20. The fourth-order valence-corrected chi connectivity index (χ4v) is 11.4. The number of imidazole rings is 4. The monoisotopic (exact) mass is 1070 g/mol. The van der Waals surface area contributed by atoms with Crippen LogP contribution < -0.4 is 21.3 Å². The Labute approximate surface area is 447 Å². The van der Waals surface area contributed by atoms with Crippen molar-refractivity contribution in [1.29, 1.82) is 0 Å². The second-order valence-corrected chi connectivity index (χ2v) is 20.7. The molecule has 8 N–H and O–H groups in total. The highest BCUT2D eigenvalue weighted by Crippen LogP contribution is 2.41. The smallest absolute Gasteiger partial charge is 0.320 e. The molecule has 0 bridgehead atoms. The van der Waals surface area contributed by atoms with Gasteiger partial charge in [0.15, 0.2) is 34.0 Å². The average molecular weight is 1070 g/mol. The van der Waals surface area contributed by atoms with Gasteiger partial charge in [-0.15, -0.1) is 0 Å². The molecule has 29 heteroatoms. The topological polar surface area (TPSA) is 337 Å². The van der Waals surface area contributed by atoms with Gasteiger partial charge in [0.05, 0.1) is 74.4 Å². The third-order valence-corrected chi connectivity index (χ3v) is 15.7. The molecule has 8 aromatic rings. The number of hydrogen-bond donors (Lipinski definition) is 8. The van der Waals surface area contributed by atoms with E-state index < -0.39 is 24.3 Å². The minimum absolute atomic E-state index is 0.0479. The summed E-state index contributed by atoms with van der Waals surface area (Å²) in [5, 5.41) is 73.4. The number of anilines is 4. The molecule has 29 nitrogen and oxygen atoms in total. The lowest BCUT2D eigenvalue weighted by molar-refractivity contribution is 0.00491. The van der Waals surface area contributed by atoms with Crippen molar-refractivity contribution >= 4 is 51.9 Å². The van der Waals surface area contributed by atoms with Crippen molar-refractivity contribution < 1.29 is 25.2 Å². The van der Waals surface area contributed by atoms with E-state index in [0.717, 1.165) is 43.7 Å². The summed E-state index contributed by atoms with van der Waals surface area (Å²) in [7, 11) is 0. The van der Waals surface area contributed by atoms with Crippen LogP contribution in [0.25, 0.3) is 22.3 Å². The van der Waals surface area contributed by atoms with Gasteiger partial charge in [0.2, 0.25) is 11.9 Å². The van der Waals surface area contributed by atoms with Gasteiger partial charge in [0.1, 0.15) is 29.6 Å². The Balaban J connectivity index is 0.730. The lowest BCUT2D eigenvalue weighted by atomic mass is 10.2. The average Bonchev–Trinajstić information content (AvgIpc) is 4.32. The van der Waals surface area contributed by atoms with Crippen LogP contribution in [0, 0.1) is 0 Å². The summed E-state index contributed by atoms with van der Waals surface area (Å²) in [6.07, 6.45) is 17.3. The highest BCUT2D eigenvalue weighted by Gasteiger charge is 2.45. The number of nitrogens with one attached hydrogen (secondary N) is 4. The summed E-state index contributed by atoms with van der Waals surface area (Å²) in [6, 6.07) is -1.40. The highest BCUT2D eigenvalue weighted by molar-refractivity contribution is 5.86. The first-order valence-corrected chi connectivity index (χ1v) is 27.1. The van der Waals surface area contributed by atoms with Crippen LogP contribution in [-0.4, -0.2) is 188 Å². The van der Waals surface area contributed by atoms with Crippen LogP contribution in [0.15, 0.2) is 50.1 Å². The molecule has 412 valence electrons. The number of rotatable bonds is 20. The number of fused-ring (bicyclic) bond motifs is 2. The van der Waals surface area contributed by atoms with Gasteiger partial charge in [-0.2, -0.15) is 49.9 Å². The van der Waals surface area contributed by atoms with Crippen LogP contribution in [0.1, 0.15) is 99.3 Å². The third kappa shape index (κ3) is 10.2. The third-order valence-electron chi connectivity index (χ3n) is 15.7. The molecule has 2 saturated heterocycles. The zero-order valence-corrected chi connectivity index (χ0v) is 43.6. The van der Waals surface area contributed by atoms with Gasteiger partial charge in [-0.05, 0) is 52.4 Å². The molecule has 2 saturated carbocycles. The molecule has 12 rings (SSSR count). The number of carbonyl (C=O) groups is 1. The number of hydrogen-bond acceptors (Lipinski definition) is 21. The lowest BCUT2D eigenvalue weighted by Gasteiger charge is -2.25. The van der Waals surface area contributed by atoms with Crippen molar-refractivity contribution in [1.82, 2.24) is 97.9 Å². The summed E-state index contributed by atoms with van der Waals surface area (Å²) in [4.78, 5) is 59.7. The van der Waals surface area contributed by atoms with Gasteiger partial charge in [-0.1, -0.05) is 0 Å². The van der Waals surface area contributed by atoms with Gasteiger partial charge in [-0.25, -0.2) is 24.7 Å². The summed E-state index contributed by atoms with van der Waals surface area (Å²) < 4.78 is 7.97. The SMILES string of the molecule is CCn1cnc(CCNc2nc(N[C@@H]3CCN(C(=O)N4CC[C@@H](Nc5nc(NCCc6cn(CC)cn6)nc6c5ncn6[C@@H]5C[C@H](n6ncc(CO)n6)[C@@H](O)[C@H]5O)C4)C3)c3ncn([C@H]4CC[C@@H](n5ncc(CO)n5)C4)c3n2)c1. The van der Waals surface area contributed by atoms with Crippen molar-refractivity contribution in [2.45, 2.75) is 140 Å². The van der Waals surface area contributed by atoms with E-state index >= 15 is 0 Å². The molecule has 8 aromatic heterocycles. The van der Waals surface area contributed by atoms with E-state index in [2.05, 4.69) is 70.0 Å². The predicted molar refractivity (Wildman–Crippen MR) is 282 cm³/mol. The molecular weight excluding hydrogens is 1000 g/mol. The van der Waals surface area contributed by atoms with Gasteiger partial charge in [0.25, 0.3) is 0 Å². The molecule has 4 fully saturated rings. The molecule has 0 radical (unpaired) electrons. The number of carbonyl (C=O) groups excluding carboxylic acids is 1. The maximum atomic E-state index is 14.3. The zero-order chi connectivity index (χ0) is 53.4. The number of aromatic nitrogens is 18. The Morgan fingerprint density at radius 2 is 1.13 bits per heavy atom. The summed E-state index contributed by atoms with van der Waals surface area (Å²) in [5.41, 5.74) is 5.10. The van der Waals surface area contributed by atoms with Crippen LogP contribution in [0.3, 0.4) is 0 Å². The molecule has 0 aromatic carbocycles. The molecule has 0 unspecified atom stereocenters. The largest absolute Gasteiger partial charge is 0.390 e. The van der Waals surface area contributed by atoms with E-state index in [9.17, 15) is 25.2 Å². The number of aryl methyl sites for hydroxylation is 2. The Hall–Kier alpha value is -7.89. The van der Waals surface area contributed by atoms with E-state index in [0.29, 0.717) is 122 Å². The fraction of sp³-hybridized carbons (Fsp3) is 0.571. The van der Waals surface area contributed by atoms with Crippen LogP contribution in [0.2, 0.25) is 0 Å². The minimum atomic E-state index is -1.19. The van der Waals surface area contributed by atoms with Crippen molar-refractivity contribution in [3.05, 3.63) is 72.9 Å².